The molecule has 1 aliphatic rings. The van der Waals surface area contributed by atoms with Crippen LogP contribution in [-0.2, 0) is 24.1 Å². The van der Waals surface area contributed by atoms with Crippen molar-refractivity contribution >= 4 is 23.3 Å². The molecule has 0 aliphatic heterocycles. The molecule has 0 saturated carbocycles. The molecular weight excluding hydrogens is 314 g/mol. The van der Waals surface area contributed by atoms with E-state index < -0.39 is 0 Å². The summed E-state index contributed by atoms with van der Waals surface area (Å²) in [5.41, 5.74) is 5.14. The van der Waals surface area contributed by atoms with Gasteiger partial charge in [-0.15, -0.1) is 0 Å². The number of nitrogens with one attached hydrogen (secondary N) is 3. The van der Waals surface area contributed by atoms with Crippen LogP contribution in [0.15, 0.2) is 42.5 Å². The monoisotopic (exact) mass is 337 g/mol. The Morgan fingerprint density at radius 1 is 0.920 bits per heavy atom. The molecule has 2 aromatic rings. The number of carbonyl (C=O) groups excluding carboxylic acids is 2. The number of fused-ring (bicyclic) bond motifs is 1. The molecule has 0 aromatic heterocycles. The third-order valence-corrected chi connectivity index (χ3v) is 4.41. The van der Waals surface area contributed by atoms with Crippen LogP contribution < -0.4 is 16.0 Å². The van der Waals surface area contributed by atoms with Crippen LogP contribution in [0.1, 0.15) is 29.5 Å². The van der Waals surface area contributed by atoms with E-state index in [1.54, 1.807) is 31.3 Å². The summed E-state index contributed by atoms with van der Waals surface area (Å²) in [4.78, 5) is 23.7. The summed E-state index contributed by atoms with van der Waals surface area (Å²) in [6.45, 7) is 0. The standard InChI is InChI=1S/C20H23N3O2/c1-21-20(25)23-18-8-4-7-17(13-18)22-19(24)12-14-9-10-15-5-2-3-6-16(15)11-14/h4,7-11,13H,2-3,5-6,12H2,1H3,(H,22,24)(H2,21,23,25). The summed E-state index contributed by atoms with van der Waals surface area (Å²) < 4.78 is 0. The molecule has 0 saturated heterocycles. The lowest BCUT2D eigenvalue weighted by Gasteiger charge is -2.16. The van der Waals surface area contributed by atoms with Crippen LogP contribution in [0.3, 0.4) is 0 Å². The maximum atomic E-state index is 12.3. The van der Waals surface area contributed by atoms with E-state index in [2.05, 4.69) is 28.1 Å². The lowest BCUT2D eigenvalue weighted by molar-refractivity contribution is -0.115. The van der Waals surface area contributed by atoms with Crippen molar-refractivity contribution < 1.29 is 9.59 Å². The smallest absolute Gasteiger partial charge is 0.318 e. The molecule has 5 nitrogen and oxygen atoms in total. The number of hydrogen-bond donors (Lipinski definition) is 3. The van der Waals surface area contributed by atoms with E-state index in [9.17, 15) is 9.59 Å². The zero-order valence-corrected chi connectivity index (χ0v) is 14.4. The summed E-state index contributed by atoms with van der Waals surface area (Å²) in [6.07, 6.45) is 5.09. The number of carbonyl (C=O) groups is 2. The first-order valence-electron chi connectivity index (χ1n) is 8.63. The lowest BCUT2D eigenvalue weighted by atomic mass is 9.90. The Kier molecular flexibility index (Phi) is 5.33. The van der Waals surface area contributed by atoms with Gasteiger partial charge in [0, 0.05) is 18.4 Å². The fraction of sp³-hybridized carbons (Fsp3) is 0.300. The van der Waals surface area contributed by atoms with Gasteiger partial charge < -0.3 is 16.0 Å². The average Bonchev–Trinajstić information content (AvgIpc) is 2.61. The normalized spacial score (nSPS) is 12.8. The van der Waals surface area contributed by atoms with Crippen molar-refractivity contribution in [3.05, 3.63) is 59.2 Å². The molecule has 3 amide bonds. The largest absolute Gasteiger partial charge is 0.341 e. The molecule has 25 heavy (non-hydrogen) atoms. The van der Waals surface area contributed by atoms with Crippen molar-refractivity contribution in [3.63, 3.8) is 0 Å². The second-order valence-corrected chi connectivity index (χ2v) is 6.32. The quantitative estimate of drug-likeness (QED) is 0.799. The first kappa shape index (κ1) is 17.0. The Balaban J connectivity index is 1.62. The number of rotatable bonds is 4. The average molecular weight is 337 g/mol. The summed E-state index contributed by atoms with van der Waals surface area (Å²) in [5, 5.41) is 8.07. The van der Waals surface area contributed by atoms with Gasteiger partial charge in [0.1, 0.15) is 0 Å². The number of hydrogen-bond acceptors (Lipinski definition) is 2. The van der Waals surface area contributed by atoms with Gasteiger partial charge in [-0.3, -0.25) is 4.79 Å². The second-order valence-electron chi connectivity index (χ2n) is 6.32. The van der Waals surface area contributed by atoms with Gasteiger partial charge in [-0.2, -0.15) is 0 Å². The molecular formula is C20H23N3O2. The van der Waals surface area contributed by atoms with Crippen LogP contribution in [0.2, 0.25) is 0 Å². The van der Waals surface area contributed by atoms with Crippen molar-refractivity contribution in [2.24, 2.45) is 0 Å². The number of benzene rings is 2. The molecule has 3 rings (SSSR count). The van der Waals surface area contributed by atoms with Gasteiger partial charge in [-0.25, -0.2) is 4.79 Å². The van der Waals surface area contributed by atoms with Gasteiger partial charge in [0.25, 0.3) is 0 Å². The minimum Gasteiger partial charge on any atom is -0.341 e. The molecule has 3 N–H and O–H groups in total. The van der Waals surface area contributed by atoms with E-state index >= 15 is 0 Å². The van der Waals surface area contributed by atoms with E-state index in [1.165, 1.54) is 24.0 Å². The highest BCUT2D eigenvalue weighted by Crippen LogP contribution is 2.22. The van der Waals surface area contributed by atoms with Gasteiger partial charge >= 0.3 is 6.03 Å². The van der Waals surface area contributed by atoms with E-state index in [4.69, 9.17) is 0 Å². The van der Waals surface area contributed by atoms with E-state index in [0.717, 1.165) is 18.4 Å². The van der Waals surface area contributed by atoms with Crippen molar-refractivity contribution in [2.45, 2.75) is 32.1 Å². The van der Waals surface area contributed by atoms with Crippen molar-refractivity contribution in [1.82, 2.24) is 5.32 Å². The van der Waals surface area contributed by atoms with E-state index in [1.807, 2.05) is 6.07 Å². The molecule has 2 aromatic carbocycles. The highest BCUT2D eigenvalue weighted by molar-refractivity contribution is 5.94. The summed E-state index contributed by atoms with van der Waals surface area (Å²) in [5.74, 6) is -0.0622. The number of anilines is 2. The molecule has 0 bridgehead atoms. The second kappa shape index (κ2) is 7.83. The molecule has 130 valence electrons. The molecule has 0 atom stereocenters. The van der Waals surface area contributed by atoms with Crippen molar-refractivity contribution in [2.75, 3.05) is 17.7 Å². The fourth-order valence-corrected chi connectivity index (χ4v) is 3.16. The Hall–Kier alpha value is -2.82. The molecule has 0 spiro atoms. The van der Waals surface area contributed by atoms with Gasteiger partial charge in [0.15, 0.2) is 0 Å². The molecule has 0 heterocycles. The highest BCUT2D eigenvalue weighted by atomic mass is 16.2. The van der Waals surface area contributed by atoms with Crippen LogP contribution in [0.25, 0.3) is 0 Å². The molecule has 5 heteroatoms. The Morgan fingerprint density at radius 3 is 2.40 bits per heavy atom. The third kappa shape index (κ3) is 4.59. The van der Waals surface area contributed by atoms with Gasteiger partial charge in [-0.1, -0.05) is 24.3 Å². The van der Waals surface area contributed by atoms with E-state index in [0.29, 0.717) is 17.8 Å². The molecule has 1 aliphatic carbocycles. The maximum absolute atomic E-state index is 12.3. The van der Waals surface area contributed by atoms with Crippen LogP contribution >= 0.6 is 0 Å². The fourth-order valence-electron chi connectivity index (χ4n) is 3.16. The van der Waals surface area contributed by atoms with Crippen LogP contribution in [0.4, 0.5) is 16.2 Å². The Labute approximate surface area is 147 Å². The van der Waals surface area contributed by atoms with Crippen LogP contribution in [0.5, 0.6) is 0 Å². The topological polar surface area (TPSA) is 70.2 Å². The highest BCUT2D eigenvalue weighted by Gasteiger charge is 2.11. The Morgan fingerprint density at radius 2 is 1.64 bits per heavy atom. The zero-order chi connectivity index (χ0) is 17.6. The van der Waals surface area contributed by atoms with Gasteiger partial charge in [0.05, 0.1) is 6.42 Å². The molecule has 0 fully saturated rings. The number of urea groups is 1. The molecule has 0 unspecified atom stereocenters. The summed E-state index contributed by atoms with van der Waals surface area (Å²) in [6, 6.07) is 13.2. The van der Waals surface area contributed by atoms with E-state index in [-0.39, 0.29) is 11.9 Å². The lowest BCUT2D eigenvalue weighted by Crippen LogP contribution is -2.24. The van der Waals surface area contributed by atoms with Gasteiger partial charge in [0.2, 0.25) is 5.91 Å². The predicted octanol–water partition coefficient (Wildman–Crippen LogP) is 3.50. The first-order chi connectivity index (χ1) is 12.1. The SMILES string of the molecule is CNC(=O)Nc1cccc(NC(=O)Cc2ccc3c(c2)CCCC3)c1. The van der Waals surface area contributed by atoms with Crippen LogP contribution in [0, 0.1) is 0 Å². The number of aryl methyl sites for hydroxylation is 2. The summed E-state index contributed by atoms with van der Waals surface area (Å²) >= 11 is 0. The van der Waals surface area contributed by atoms with Crippen LogP contribution in [-0.4, -0.2) is 19.0 Å². The minimum absolute atomic E-state index is 0.0622. The molecule has 0 radical (unpaired) electrons. The zero-order valence-electron chi connectivity index (χ0n) is 14.4. The van der Waals surface area contributed by atoms with Gasteiger partial charge in [-0.05, 0) is 60.6 Å². The summed E-state index contributed by atoms with van der Waals surface area (Å²) in [7, 11) is 1.56. The predicted molar refractivity (Wildman–Crippen MR) is 99.9 cm³/mol. The van der Waals surface area contributed by atoms with Crippen molar-refractivity contribution in [1.29, 1.82) is 0 Å². The third-order valence-electron chi connectivity index (χ3n) is 4.41. The Bertz CT molecular complexity index is 786. The van der Waals surface area contributed by atoms with Crippen molar-refractivity contribution in [3.8, 4) is 0 Å². The maximum Gasteiger partial charge on any atom is 0.318 e. The number of amides is 3. The minimum atomic E-state index is -0.294. The first-order valence-corrected chi connectivity index (χ1v) is 8.63.